The number of likely N-dealkylation sites (N-methyl/N-ethyl adjacent to an activating group) is 1. The molecule has 1 atom stereocenters. The second kappa shape index (κ2) is 8.55. The van der Waals surface area contributed by atoms with Gasteiger partial charge >= 0.3 is 6.09 Å². The quantitative estimate of drug-likeness (QED) is 0.763. The molecule has 0 aromatic heterocycles. The summed E-state index contributed by atoms with van der Waals surface area (Å²) < 4.78 is 5.21. The number of nitrogens with zero attached hydrogens (tertiary/aromatic N) is 1. The van der Waals surface area contributed by atoms with Crippen molar-refractivity contribution in [2.45, 2.75) is 51.7 Å². The maximum atomic E-state index is 12.6. The molecule has 0 radical (unpaired) electrons. The molecule has 0 unspecified atom stereocenters. The summed E-state index contributed by atoms with van der Waals surface area (Å²) in [7, 11) is 1.53. The van der Waals surface area contributed by atoms with E-state index in [1.165, 1.54) is 11.9 Å². The average Bonchev–Trinajstić information content (AvgIpc) is 2.51. The standard InChI is InChI=1S/C16H27N3O4/c1-16(2,3)23-15(22)18-12-9-7-5-6-8-10-19(14(12)21)11-13(20)17-4/h5,7,12H,6,8-11H2,1-4H3,(H,17,20)(H,18,22)/b7-5-/t12-/m0/s1. The number of carbonyl (C=O) groups excluding carboxylic acids is 3. The zero-order valence-corrected chi connectivity index (χ0v) is 14.3. The van der Waals surface area contributed by atoms with E-state index in [1.807, 2.05) is 12.2 Å². The van der Waals surface area contributed by atoms with Crippen molar-refractivity contribution in [3.8, 4) is 0 Å². The van der Waals surface area contributed by atoms with Gasteiger partial charge in [-0.15, -0.1) is 0 Å². The van der Waals surface area contributed by atoms with Crippen LogP contribution in [0.2, 0.25) is 0 Å². The fraction of sp³-hybridized carbons (Fsp3) is 0.688. The number of ether oxygens (including phenoxy) is 1. The fourth-order valence-electron chi connectivity index (χ4n) is 2.16. The van der Waals surface area contributed by atoms with Crippen LogP contribution in [0.4, 0.5) is 4.79 Å². The summed E-state index contributed by atoms with van der Waals surface area (Å²) in [5.74, 6) is -0.507. The van der Waals surface area contributed by atoms with Crippen LogP contribution >= 0.6 is 0 Å². The Kier molecular flexibility index (Phi) is 7.06. The van der Waals surface area contributed by atoms with Gasteiger partial charge in [0.05, 0.1) is 6.54 Å². The molecule has 2 N–H and O–H groups in total. The van der Waals surface area contributed by atoms with Crippen LogP contribution < -0.4 is 10.6 Å². The summed E-state index contributed by atoms with van der Waals surface area (Å²) in [5, 5.41) is 5.12. The minimum absolute atomic E-state index is 0.0121. The highest BCUT2D eigenvalue weighted by molar-refractivity contribution is 5.89. The van der Waals surface area contributed by atoms with Crippen molar-refractivity contribution in [2.24, 2.45) is 0 Å². The van der Waals surface area contributed by atoms with Gasteiger partial charge in [0.15, 0.2) is 0 Å². The molecule has 0 aromatic rings. The maximum absolute atomic E-state index is 12.6. The van der Waals surface area contributed by atoms with Crippen LogP contribution in [0.3, 0.4) is 0 Å². The van der Waals surface area contributed by atoms with E-state index in [9.17, 15) is 14.4 Å². The third kappa shape index (κ3) is 7.17. The second-order valence-corrected chi connectivity index (χ2v) is 6.48. The van der Waals surface area contributed by atoms with Crippen molar-refractivity contribution >= 4 is 17.9 Å². The van der Waals surface area contributed by atoms with Crippen LogP contribution in [0.5, 0.6) is 0 Å². The first-order valence-electron chi connectivity index (χ1n) is 7.87. The van der Waals surface area contributed by atoms with Crippen LogP contribution in [-0.4, -0.2) is 54.6 Å². The van der Waals surface area contributed by atoms with E-state index in [0.717, 1.165) is 12.8 Å². The summed E-state index contributed by atoms with van der Waals surface area (Å²) in [6.45, 7) is 5.74. The molecule has 0 fully saturated rings. The summed E-state index contributed by atoms with van der Waals surface area (Å²) >= 11 is 0. The molecule has 1 rings (SSSR count). The Morgan fingerprint density at radius 2 is 2.04 bits per heavy atom. The molecule has 1 heterocycles. The monoisotopic (exact) mass is 325 g/mol. The minimum Gasteiger partial charge on any atom is -0.444 e. The highest BCUT2D eigenvalue weighted by Gasteiger charge is 2.28. The van der Waals surface area contributed by atoms with Gasteiger partial charge in [-0.25, -0.2) is 4.79 Å². The van der Waals surface area contributed by atoms with Crippen LogP contribution in [0.15, 0.2) is 12.2 Å². The van der Waals surface area contributed by atoms with Gasteiger partial charge in [0.1, 0.15) is 11.6 Å². The van der Waals surface area contributed by atoms with Crippen molar-refractivity contribution in [1.82, 2.24) is 15.5 Å². The lowest BCUT2D eigenvalue weighted by atomic mass is 10.1. The van der Waals surface area contributed by atoms with Gasteiger partial charge in [0, 0.05) is 13.6 Å². The molecule has 0 saturated heterocycles. The smallest absolute Gasteiger partial charge is 0.408 e. The molecule has 1 aliphatic heterocycles. The Hall–Kier alpha value is -2.05. The molecule has 0 aromatic carbocycles. The number of hydrogen-bond donors (Lipinski definition) is 2. The van der Waals surface area contributed by atoms with Crippen LogP contribution in [-0.2, 0) is 14.3 Å². The van der Waals surface area contributed by atoms with Gasteiger partial charge in [0.25, 0.3) is 0 Å². The van der Waals surface area contributed by atoms with E-state index in [1.54, 1.807) is 20.8 Å². The van der Waals surface area contributed by atoms with E-state index in [0.29, 0.717) is 13.0 Å². The highest BCUT2D eigenvalue weighted by atomic mass is 16.6. The average molecular weight is 325 g/mol. The van der Waals surface area contributed by atoms with Crippen molar-refractivity contribution < 1.29 is 19.1 Å². The van der Waals surface area contributed by atoms with Crippen molar-refractivity contribution in [2.75, 3.05) is 20.1 Å². The zero-order valence-electron chi connectivity index (χ0n) is 14.3. The number of rotatable bonds is 3. The summed E-state index contributed by atoms with van der Waals surface area (Å²) in [4.78, 5) is 37.7. The Labute approximate surface area is 137 Å². The Balaban J connectivity index is 2.80. The molecule has 0 bridgehead atoms. The van der Waals surface area contributed by atoms with Crippen molar-refractivity contribution in [1.29, 1.82) is 0 Å². The topological polar surface area (TPSA) is 87.7 Å². The Bertz CT molecular complexity index is 468. The number of alkyl carbamates (subject to hydrolysis) is 1. The van der Waals surface area contributed by atoms with Gasteiger partial charge < -0.3 is 20.3 Å². The molecular formula is C16H27N3O4. The Morgan fingerprint density at radius 3 is 2.65 bits per heavy atom. The molecule has 7 heteroatoms. The van der Waals surface area contributed by atoms with Gasteiger partial charge in [-0.2, -0.15) is 0 Å². The molecule has 0 aliphatic carbocycles. The second-order valence-electron chi connectivity index (χ2n) is 6.48. The van der Waals surface area contributed by atoms with E-state index < -0.39 is 17.7 Å². The number of allylic oxidation sites excluding steroid dienone is 1. The largest absolute Gasteiger partial charge is 0.444 e. The molecule has 0 spiro atoms. The van der Waals surface area contributed by atoms with Crippen molar-refractivity contribution in [3.05, 3.63) is 12.2 Å². The summed E-state index contributed by atoms with van der Waals surface area (Å²) in [6.07, 6.45) is 5.21. The maximum Gasteiger partial charge on any atom is 0.408 e. The highest BCUT2D eigenvalue weighted by Crippen LogP contribution is 2.11. The number of nitrogens with one attached hydrogen (secondary N) is 2. The predicted molar refractivity (Wildman–Crippen MR) is 86.8 cm³/mol. The fourth-order valence-corrected chi connectivity index (χ4v) is 2.16. The normalized spacial score (nSPS) is 20.8. The molecule has 0 saturated carbocycles. The third-order valence-corrected chi connectivity index (χ3v) is 3.25. The Morgan fingerprint density at radius 1 is 1.35 bits per heavy atom. The minimum atomic E-state index is -0.733. The lowest BCUT2D eigenvalue weighted by molar-refractivity contribution is -0.137. The first-order chi connectivity index (χ1) is 10.7. The third-order valence-electron chi connectivity index (χ3n) is 3.25. The van der Waals surface area contributed by atoms with Crippen LogP contribution in [0.1, 0.15) is 40.0 Å². The number of carbonyl (C=O) groups is 3. The first kappa shape index (κ1) is 19.0. The van der Waals surface area contributed by atoms with Crippen LogP contribution in [0.25, 0.3) is 0 Å². The lowest BCUT2D eigenvalue weighted by Crippen LogP contribution is -2.51. The van der Waals surface area contributed by atoms with Gasteiger partial charge in [-0.3, -0.25) is 9.59 Å². The zero-order chi connectivity index (χ0) is 17.5. The van der Waals surface area contributed by atoms with E-state index >= 15 is 0 Å². The molecule has 130 valence electrons. The van der Waals surface area contributed by atoms with E-state index in [4.69, 9.17) is 4.74 Å². The molecule has 3 amide bonds. The van der Waals surface area contributed by atoms with Gasteiger partial charge in [0.2, 0.25) is 11.8 Å². The first-order valence-corrected chi connectivity index (χ1v) is 7.87. The van der Waals surface area contributed by atoms with Gasteiger partial charge in [-0.1, -0.05) is 12.2 Å². The lowest BCUT2D eigenvalue weighted by Gasteiger charge is -2.27. The van der Waals surface area contributed by atoms with Crippen LogP contribution in [0, 0.1) is 0 Å². The van der Waals surface area contributed by atoms with E-state index in [2.05, 4.69) is 10.6 Å². The van der Waals surface area contributed by atoms with Crippen molar-refractivity contribution in [3.63, 3.8) is 0 Å². The number of hydrogen-bond acceptors (Lipinski definition) is 4. The molecule has 7 nitrogen and oxygen atoms in total. The summed E-state index contributed by atoms with van der Waals surface area (Å²) in [5.41, 5.74) is -0.636. The number of amides is 3. The van der Waals surface area contributed by atoms with Gasteiger partial charge in [-0.05, 0) is 40.0 Å². The molecule has 23 heavy (non-hydrogen) atoms. The summed E-state index contributed by atoms with van der Waals surface area (Å²) in [6, 6.07) is -0.733. The van der Waals surface area contributed by atoms with E-state index in [-0.39, 0.29) is 18.4 Å². The predicted octanol–water partition coefficient (Wildman–Crippen LogP) is 1.19. The molecule has 1 aliphatic rings. The molecular weight excluding hydrogens is 298 g/mol. The SMILES string of the molecule is CNC(=O)CN1CCC/C=C\C[C@H](NC(=O)OC(C)(C)C)C1=O.